The number of hydrogen-bond donors (Lipinski definition) is 2. The van der Waals surface area contributed by atoms with Gasteiger partial charge in [0.25, 0.3) is 5.91 Å². The van der Waals surface area contributed by atoms with E-state index in [4.69, 9.17) is 16.3 Å². The first-order chi connectivity index (χ1) is 13.8. The molecule has 1 aliphatic carbocycles. The van der Waals surface area contributed by atoms with Crippen LogP contribution in [0.3, 0.4) is 0 Å². The van der Waals surface area contributed by atoms with Crippen LogP contribution in [0, 0.1) is 6.92 Å². The van der Waals surface area contributed by atoms with Gasteiger partial charge in [0.15, 0.2) is 6.61 Å². The van der Waals surface area contributed by atoms with E-state index in [1.165, 1.54) is 0 Å². The van der Waals surface area contributed by atoms with E-state index in [0.29, 0.717) is 23.9 Å². The van der Waals surface area contributed by atoms with E-state index in [1.807, 2.05) is 11.8 Å². The molecular formula is C21H30ClN3O4. The lowest BCUT2D eigenvalue weighted by Crippen LogP contribution is -2.60. The average Bonchev–Trinajstić information content (AvgIpc) is 2.70. The molecule has 2 amide bonds. The fourth-order valence-corrected chi connectivity index (χ4v) is 4.30. The van der Waals surface area contributed by atoms with Crippen LogP contribution in [0.25, 0.3) is 0 Å². The summed E-state index contributed by atoms with van der Waals surface area (Å²) < 4.78 is 5.56. The molecule has 2 N–H and O–H groups in total. The molecule has 3 rings (SSSR count). The van der Waals surface area contributed by atoms with Crippen molar-refractivity contribution in [2.24, 2.45) is 0 Å². The van der Waals surface area contributed by atoms with E-state index in [0.717, 1.165) is 37.9 Å². The number of benzene rings is 1. The maximum absolute atomic E-state index is 12.4. The molecule has 0 radical (unpaired) electrons. The third-order valence-corrected chi connectivity index (χ3v) is 6.32. The molecule has 1 saturated heterocycles. The Morgan fingerprint density at radius 2 is 1.97 bits per heavy atom. The molecule has 1 saturated carbocycles. The highest BCUT2D eigenvalue weighted by atomic mass is 35.5. The Bertz CT molecular complexity index is 737. The molecule has 160 valence electrons. The minimum absolute atomic E-state index is 0.00277. The summed E-state index contributed by atoms with van der Waals surface area (Å²) in [5.41, 5.74) is 0.889. The highest BCUT2D eigenvalue weighted by molar-refractivity contribution is 6.31. The number of aryl methyl sites for hydroxylation is 1. The molecule has 29 heavy (non-hydrogen) atoms. The van der Waals surface area contributed by atoms with Gasteiger partial charge in [0, 0.05) is 44.2 Å². The van der Waals surface area contributed by atoms with Gasteiger partial charge in [0.1, 0.15) is 5.75 Å². The largest absolute Gasteiger partial charge is 0.484 e. The Hall–Kier alpha value is -1.83. The molecule has 0 aromatic heterocycles. The Labute approximate surface area is 176 Å². The van der Waals surface area contributed by atoms with Gasteiger partial charge in [0.2, 0.25) is 5.91 Å². The van der Waals surface area contributed by atoms with Crippen LogP contribution in [-0.2, 0) is 9.59 Å². The van der Waals surface area contributed by atoms with Crippen molar-refractivity contribution in [2.45, 2.75) is 51.3 Å². The fraction of sp³-hybridized carbons (Fsp3) is 0.619. The maximum Gasteiger partial charge on any atom is 0.258 e. The summed E-state index contributed by atoms with van der Waals surface area (Å²) in [5, 5.41) is 14.4. The number of carbonyl (C=O) groups is 2. The lowest BCUT2D eigenvalue weighted by atomic mass is 9.86. The summed E-state index contributed by atoms with van der Waals surface area (Å²) in [6.07, 6.45) is 1.95. The van der Waals surface area contributed by atoms with Crippen LogP contribution in [-0.4, -0.2) is 77.7 Å². The molecular weight excluding hydrogens is 394 g/mol. The van der Waals surface area contributed by atoms with E-state index in [2.05, 4.69) is 10.2 Å². The van der Waals surface area contributed by atoms with Gasteiger partial charge in [-0.2, -0.15) is 0 Å². The smallest absolute Gasteiger partial charge is 0.258 e. The van der Waals surface area contributed by atoms with Crippen LogP contribution >= 0.6 is 11.6 Å². The summed E-state index contributed by atoms with van der Waals surface area (Å²) in [6, 6.07) is 4.98. The molecule has 0 bridgehead atoms. The maximum atomic E-state index is 12.4. The number of hydrogen-bond acceptors (Lipinski definition) is 5. The highest BCUT2D eigenvalue weighted by Gasteiger charge is 2.37. The van der Waals surface area contributed by atoms with Crippen molar-refractivity contribution in [2.75, 3.05) is 32.8 Å². The molecule has 8 heteroatoms. The van der Waals surface area contributed by atoms with E-state index in [-0.39, 0.29) is 30.5 Å². The van der Waals surface area contributed by atoms with Gasteiger partial charge in [-0.15, -0.1) is 0 Å². The zero-order valence-corrected chi connectivity index (χ0v) is 17.8. The fourth-order valence-electron chi connectivity index (χ4n) is 4.19. The van der Waals surface area contributed by atoms with Gasteiger partial charge in [-0.3, -0.25) is 14.5 Å². The number of ether oxygens (including phenoxy) is 1. The third kappa shape index (κ3) is 5.62. The predicted octanol–water partition coefficient (Wildman–Crippen LogP) is 1.59. The van der Waals surface area contributed by atoms with Crippen LogP contribution in [0.1, 0.15) is 31.7 Å². The lowest BCUT2D eigenvalue weighted by molar-refractivity contribution is -0.132. The molecule has 0 spiro atoms. The zero-order valence-electron chi connectivity index (χ0n) is 17.1. The van der Waals surface area contributed by atoms with Crippen LogP contribution in [0.2, 0.25) is 5.02 Å². The van der Waals surface area contributed by atoms with Gasteiger partial charge in [0.05, 0.1) is 12.1 Å². The number of rotatable bonds is 5. The molecule has 1 aliphatic heterocycles. The highest BCUT2D eigenvalue weighted by Crippen LogP contribution is 2.25. The number of nitrogens with zero attached hydrogens (tertiary/aromatic N) is 2. The van der Waals surface area contributed by atoms with Gasteiger partial charge in [-0.25, -0.2) is 0 Å². The number of carbonyl (C=O) groups excluding carboxylic acids is 2. The van der Waals surface area contributed by atoms with Gasteiger partial charge in [-0.1, -0.05) is 11.6 Å². The molecule has 1 aromatic carbocycles. The average molecular weight is 424 g/mol. The van der Waals surface area contributed by atoms with Crippen LogP contribution in [0.15, 0.2) is 18.2 Å². The number of piperazine rings is 1. The Morgan fingerprint density at radius 1 is 1.24 bits per heavy atom. The minimum atomic E-state index is -0.630. The van der Waals surface area contributed by atoms with Crippen LogP contribution in [0.4, 0.5) is 0 Å². The van der Waals surface area contributed by atoms with E-state index >= 15 is 0 Å². The number of amides is 2. The quantitative estimate of drug-likeness (QED) is 0.751. The summed E-state index contributed by atoms with van der Waals surface area (Å²) >= 11 is 6.00. The Morgan fingerprint density at radius 3 is 2.62 bits per heavy atom. The van der Waals surface area contributed by atoms with Gasteiger partial charge in [-0.05, 0) is 49.9 Å². The van der Waals surface area contributed by atoms with Crippen LogP contribution < -0.4 is 10.1 Å². The van der Waals surface area contributed by atoms with E-state index in [9.17, 15) is 14.7 Å². The zero-order chi connectivity index (χ0) is 21.0. The normalized spacial score (nSPS) is 25.5. The first-order valence-electron chi connectivity index (χ1n) is 10.2. The van der Waals surface area contributed by atoms with Crippen molar-refractivity contribution < 1.29 is 19.4 Å². The lowest BCUT2D eigenvalue weighted by Gasteiger charge is -2.45. The summed E-state index contributed by atoms with van der Waals surface area (Å²) in [5.74, 6) is 0.436. The van der Waals surface area contributed by atoms with Crippen molar-refractivity contribution in [3.05, 3.63) is 28.8 Å². The second-order valence-corrected chi connectivity index (χ2v) is 8.31. The monoisotopic (exact) mass is 423 g/mol. The number of aliphatic hydroxyl groups excluding tert-OH is 1. The minimum Gasteiger partial charge on any atom is -0.484 e. The molecule has 2 aliphatic rings. The molecule has 7 nitrogen and oxygen atoms in total. The molecule has 2 fully saturated rings. The van der Waals surface area contributed by atoms with Crippen molar-refractivity contribution in [3.63, 3.8) is 0 Å². The second-order valence-electron chi connectivity index (χ2n) is 7.90. The number of nitrogens with one attached hydrogen (secondary N) is 1. The third-order valence-electron chi connectivity index (χ3n) is 5.90. The van der Waals surface area contributed by atoms with Gasteiger partial charge < -0.3 is 20.1 Å². The SMILES string of the molecule is CC(=O)N1CCN([C@@H]2CCC[C@@H](NC(=O)COc3ccc(Cl)c(C)c3)[C@H]2O)CC1. The molecule has 1 heterocycles. The van der Waals surface area contributed by atoms with Crippen molar-refractivity contribution in [3.8, 4) is 5.75 Å². The second kappa shape index (κ2) is 9.78. The first kappa shape index (κ1) is 21.9. The van der Waals surface area contributed by atoms with E-state index < -0.39 is 6.10 Å². The topological polar surface area (TPSA) is 82.1 Å². The molecule has 1 aromatic rings. The Balaban J connectivity index is 1.49. The van der Waals surface area contributed by atoms with Crippen LogP contribution in [0.5, 0.6) is 5.75 Å². The summed E-state index contributed by atoms with van der Waals surface area (Å²) in [6.45, 7) is 6.23. The van der Waals surface area contributed by atoms with Crippen molar-refractivity contribution in [1.29, 1.82) is 0 Å². The predicted molar refractivity (Wildman–Crippen MR) is 111 cm³/mol. The number of aliphatic hydroxyl groups is 1. The molecule has 0 unspecified atom stereocenters. The summed E-state index contributed by atoms with van der Waals surface area (Å²) in [4.78, 5) is 27.9. The van der Waals surface area contributed by atoms with E-state index in [1.54, 1.807) is 25.1 Å². The van der Waals surface area contributed by atoms with Crippen molar-refractivity contribution >= 4 is 23.4 Å². The molecule has 3 atom stereocenters. The van der Waals surface area contributed by atoms with Gasteiger partial charge >= 0.3 is 0 Å². The Kier molecular flexibility index (Phi) is 7.38. The van der Waals surface area contributed by atoms with Crippen molar-refractivity contribution in [1.82, 2.24) is 15.1 Å². The standard InChI is InChI=1S/C21H30ClN3O4/c1-14-12-16(6-7-17(14)22)29-13-20(27)23-18-4-3-5-19(21(18)28)25-10-8-24(9-11-25)15(2)26/h6-7,12,18-19,21,28H,3-5,8-11,13H2,1-2H3,(H,23,27)/t18-,19-,21-/m1/s1. The first-order valence-corrected chi connectivity index (χ1v) is 10.6. The number of halogens is 1. The summed E-state index contributed by atoms with van der Waals surface area (Å²) in [7, 11) is 0.